The molecule has 7 nitrogen and oxygen atoms in total. The van der Waals surface area contributed by atoms with Gasteiger partial charge in [-0.25, -0.2) is 0 Å². The van der Waals surface area contributed by atoms with Crippen molar-refractivity contribution in [1.82, 2.24) is 24.6 Å². The molecule has 1 amide bonds. The van der Waals surface area contributed by atoms with E-state index in [1.807, 2.05) is 58.1 Å². The number of carbonyl (C=O) groups excluding carboxylic acids is 1. The van der Waals surface area contributed by atoms with E-state index >= 15 is 0 Å². The van der Waals surface area contributed by atoms with Crippen LogP contribution in [0.1, 0.15) is 12.8 Å². The van der Waals surface area contributed by atoms with Crippen LogP contribution in [0.3, 0.4) is 0 Å². The van der Waals surface area contributed by atoms with Gasteiger partial charge in [0.1, 0.15) is 5.75 Å². The van der Waals surface area contributed by atoms with Gasteiger partial charge < -0.3 is 14.6 Å². The molecule has 0 bridgehead atoms. The number of carbonyl (C=O) groups is 1. The third kappa shape index (κ3) is 3.79. The van der Waals surface area contributed by atoms with Crippen molar-refractivity contribution in [3.63, 3.8) is 0 Å². The summed E-state index contributed by atoms with van der Waals surface area (Å²) in [5.74, 6) is 2.02. The molecule has 2 aromatic heterocycles. The molecule has 1 aliphatic heterocycles. The van der Waals surface area contributed by atoms with Gasteiger partial charge in [-0.3, -0.25) is 9.36 Å². The molecule has 158 valence electrons. The van der Waals surface area contributed by atoms with E-state index in [1.165, 1.54) is 11.8 Å². The average molecular weight is 434 g/mol. The Kier molecular flexibility index (Phi) is 5.38. The molecule has 0 spiro atoms. The van der Waals surface area contributed by atoms with Crippen molar-refractivity contribution < 1.29 is 9.53 Å². The molecule has 4 aromatic rings. The summed E-state index contributed by atoms with van der Waals surface area (Å²) >= 11 is 1.43. The summed E-state index contributed by atoms with van der Waals surface area (Å²) in [5.41, 5.74) is 2.93. The number of aromatic nitrogens is 4. The van der Waals surface area contributed by atoms with E-state index in [0.717, 1.165) is 59.7 Å². The van der Waals surface area contributed by atoms with E-state index in [4.69, 9.17) is 4.74 Å². The van der Waals surface area contributed by atoms with E-state index in [0.29, 0.717) is 10.9 Å². The molecule has 5 rings (SSSR count). The zero-order chi connectivity index (χ0) is 21.2. The van der Waals surface area contributed by atoms with Crippen LogP contribution in [0.15, 0.2) is 59.9 Å². The Bertz CT molecular complexity index is 1210. The Labute approximate surface area is 184 Å². The quantitative estimate of drug-likeness (QED) is 0.463. The molecule has 8 heteroatoms. The second kappa shape index (κ2) is 8.47. The Balaban J connectivity index is 1.54. The van der Waals surface area contributed by atoms with Gasteiger partial charge in [-0.1, -0.05) is 30.0 Å². The van der Waals surface area contributed by atoms with E-state index in [2.05, 4.69) is 21.2 Å². The Morgan fingerprint density at radius 1 is 1.10 bits per heavy atom. The van der Waals surface area contributed by atoms with Gasteiger partial charge in [-0.05, 0) is 43.2 Å². The second-order valence-corrected chi connectivity index (χ2v) is 8.41. The van der Waals surface area contributed by atoms with Gasteiger partial charge in [0.25, 0.3) is 0 Å². The van der Waals surface area contributed by atoms with Gasteiger partial charge >= 0.3 is 0 Å². The van der Waals surface area contributed by atoms with Gasteiger partial charge in [-0.2, -0.15) is 0 Å². The predicted molar refractivity (Wildman–Crippen MR) is 122 cm³/mol. The zero-order valence-electron chi connectivity index (χ0n) is 17.2. The first-order valence-corrected chi connectivity index (χ1v) is 11.3. The van der Waals surface area contributed by atoms with Crippen LogP contribution < -0.4 is 4.74 Å². The summed E-state index contributed by atoms with van der Waals surface area (Å²) in [6, 6.07) is 15.9. The number of hydrogen-bond acceptors (Lipinski definition) is 5. The highest BCUT2D eigenvalue weighted by Crippen LogP contribution is 2.33. The fourth-order valence-electron chi connectivity index (χ4n) is 3.94. The van der Waals surface area contributed by atoms with Crippen molar-refractivity contribution in [2.75, 3.05) is 26.0 Å². The molecule has 31 heavy (non-hydrogen) atoms. The summed E-state index contributed by atoms with van der Waals surface area (Å²) < 4.78 is 7.32. The first-order chi connectivity index (χ1) is 15.2. The standard InChI is InChI=1S/C23H23N5O2S/c1-30-17-10-8-16(9-11-17)28-22(19-14-24-20-7-3-2-6-18(19)20)25-26-23(28)31-15-21(29)27-12-4-5-13-27/h2-3,6-11,14,24H,4-5,12-13,15H2,1H3. The Hall–Kier alpha value is -3.26. The summed E-state index contributed by atoms with van der Waals surface area (Å²) in [5, 5.41) is 10.7. The van der Waals surface area contributed by atoms with Gasteiger partial charge in [0.05, 0.1) is 12.9 Å². The van der Waals surface area contributed by atoms with Crippen LogP contribution in [-0.2, 0) is 4.79 Å². The van der Waals surface area contributed by atoms with E-state index in [-0.39, 0.29) is 5.91 Å². The fraction of sp³-hybridized carbons (Fsp3) is 0.261. The minimum absolute atomic E-state index is 0.153. The first kappa shape index (κ1) is 19.7. The maximum absolute atomic E-state index is 12.6. The lowest BCUT2D eigenvalue weighted by Crippen LogP contribution is -2.29. The minimum Gasteiger partial charge on any atom is -0.497 e. The molecule has 1 aliphatic rings. The van der Waals surface area contributed by atoms with E-state index < -0.39 is 0 Å². The SMILES string of the molecule is COc1ccc(-n2c(SCC(=O)N3CCCC3)nnc2-c2c[nH]c3ccccc23)cc1. The van der Waals surface area contributed by atoms with Crippen LogP contribution in [0.5, 0.6) is 5.75 Å². The lowest BCUT2D eigenvalue weighted by molar-refractivity contribution is -0.127. The highest BCUT2D eigenvalue weighted by atomic mass is 32.2. The van der Waals surface area contributed by atoms with Crippen molar-refractivity contribution in [3.05, 3.63) is 54.7 Å². The number of likely N-dealkylation sites (tertiary alicyclic amines) is 1. The monoisotopic (exact) mass is 433 g/mol. The lowest BCUT2D eigenvalue weighted by Gasteiger charge is -2.15. The summed E-state index contributed by atoms with van der Waals surface area (Å²) in [4.78, 5) is 17.8. The molecule has 3 heterocycles. The molecule has 0 aliphatic carbocycles. The van der Waals surface area contributed by atoms with Crippen molar-refractivity contribution in [2.45, 2.75) is 18.0 Å². The number of thioether (sulfide) groups is 1. The Morgan fingerprint density at radius 3 is 2.65 bits per heavy atom. The highest BCUT2D eigenvalue weighted by Gasteiger charge is 2.22. The Morgan fingerprint density at radius 2 is 1.87 bits per heavy atom. The summed E-state index contributed by atoms with van der Waals surface area (Å²) in [6.07, 6.45) is 4.13. The topological polar surface area (TPSA) is 76.0 Å². The normalized spacial score (nSPS) is 13.8. The number of nitrogens with one attached hydrogen (secondary N) is 1. The predicted octanol–water partition coefficient (Wildman–Crippen LogP) is 4.14. The number of ether oxygens (including phenoxy) is 1. The lowest BCUT2D eigenvalue weighted by atomic mass is 10.1. The third-order valence-corrected chi connectivity index (χ3v) is 6.49. The number of benzene rings is 2. The molecule has 1 N–H and O–H groups in total. The van der Waals surface area contributed by atoms with Crippen LogP contribution >= 0.6 is 11.8 Å². The molecular weight excluding hydrogens is 410 g/mol. The number of para-hydroxylation sites is 1. The van der Waals surface area contributed by atoms with Crippen molar-refractivity contribution >= 4 is 28.6 Å². The molecule has 0 unspecified atom stereocenters. The first-order valence-electron chi connectivity index (χ1n) is 10.3. The van der Waals surface area contributed by atoms with Crippen molar-refractivity contribution in [3.8, 4) is 22.8 Å². The maximum atomic E-state index is 12.6. The summed E-state index contributed by atoms with van der Waals surface area (Å²) in [7, 11) is 1.65. The molecule has 2 aromatic carbocycles. The maximum Gasteiger partial charge on any atom is 0.233 e. The van der Waals surface area contributed by atoms with Crippen LogP contribution in [0.25, 0.3) is 28.0 Å². The van der Waals surface area contributed by atoms with Crippen LogP contribution in [-0.4, -0.2) is 56.5 Å². The molecule has 1 fully saturated rings. The number of hydrogen-bond donors (Lipinski definition) is 1. The number of methoxy groups -OCH3 is 1. The largest absolute Gasteiger partial charge is 0.497 e. The van der Waals surface area contributed by atoms with E-state index in [1.54, 1.807) is 7.11 Å². The molecule has 0 radical (unpaired) electrons. The van der Waals surface area contributed by atoms with Crippen LogP contribution in [0, 0.1) is 0 Å². The minimum atomic E-state index is 0.153. The smallest absolute Gasteiger partial charge is 0.233 e. The number of fused-ring (bicyclic) bond motifs is 1. The molecule has 0 atom stereocenters. The van der Waals surface area contributed by atoms with Crippen molar-refractivity contribution in [2.24, 2.45) is 0 Å². The van der Waals surface area contributed by atoms with Gasteiger partial charge in [0, 0.05) is 41.4 Å². The number of rotatable bonds is 6. The third-order valence-electron chi connectivity index (χ3n) is 5.58. The summed E-state index contributed by atoms with van der Waals surface area (Å²) in [6.45, 7) is 1.70. The average Bonchev–Trinajstić information content (AvgIpc) is 3.57. The number of amides is 1. The van der Waals surface area contributed by atoms with Gasteiger partial charge in [-0.15, -0.1) is 10.2 Å². The number of H-pyrrole nitrogens is 1. The van der Waals surface area contributed by atoms with Crippen LogP contribution in [0.4, 0.5) is 0 Å². The molecular formula is C23H23N5O2S. The molecule has 1 saturated heterocycles. The van der Waals surface area contributed by atoms with E-state index in [9.17, 15) is 4.79 Å². The number of nitrogens with zero attached hydrogens (tertiary/aromatic N) is 4. The second-order valence-electron chi connectivity index (χ2n) is 7.46. The zero-order valence-corrected chi connectivity index (χ0v) is 18.1. The number of aromatic amines is 1. The molecule has 0 saturated carbocycles. The van der Waals surface area contributed by atoms with Gasteiger partial charge in [0.2, 0.25) is 5.91 Å². The fourth-order valence-corrected chi connectivity index (χ4v) is 4.80. The van der Waals surface area contributed by atoms with Crippen molar-refractivity contribution in [1.29, 1.82) is 0 Å². The van der Waals surface area contributed by atoms with Crippen LogP contribution in [0.2, 0.25) is 0 Å². The highest BCUT2D eigenvalue weighted by molar-refractivity contribution is 7.99. The van der Waals surface area contributed by atoms with Gasteiger partial charge in [0.15, 0.2) is 11.0 Å².